The van der Waals surface area contributed by atoms with E-state index >= 15 is 0 Å². The molecular weight excluding hydrogens is 250 g/mol. The molecule has 2 aromatic rings. The minimum absolute atomic E-state index is 0.277. The maximum absolute atomic E-state index is 5.93. The molecule has 5 heteroatoms. The lowest BCUT2D eigenvalue weighted by Gasteiger charge is -2.12. The highest BCUT2D eigenvalue weighted by molar-refractivity contribution is 6.28. The van der Waals surface area contributed by atoms with Crippen LogP contribution in [-0.2, 0) is 4.74 Å². The van der Waals surface area contributed by atoms with Crippen molar-refractivity contribution in [1.29, 1.82) is 0 Å². The van der Waals surface area contributed by atoms with Gasteiger partial charge in [0.15, 0.2) is 0 Å². The van der Waals surface area contributed by atoms with Gasteiger partial charge in [-0.1, -0.05) is 12.1 Å². The van der Waals surface area contributed by atoms with Crippen molar-refractivity contribution in [2.45, 2.75) is 6.42 Å². The summed E-state index contributed by atoms with van der Waals surface area (Å²) in [5, 5.41) is 4.63. The Morgan fingerprint density at radius 1 is 1.33 bits per heavy atom. The number of hydrogen-bond donors (Lipinski definition) is 1. The van der Waals surface area contributed by atoms with Crippen LogP contribution in [0.15, 0.2) is 24.3 Å². The summed E-state index contributed by atoms with van der Waals surface area (Å²) in [5.41, 5.74) is 0.864. The molecule has 0 bridgehead atoms. The van der Waals surface area contributed by atoms with Gasteiger partial charge in [-0.05, 0) is 30.2 Å². The highest BCUT2D eigenvalue weighted by Crippen LogP contribution is 2.22. The molecule has 1 aromatic heterocycles. The van der Waals surface area contributed by atoms with Gasteiger partial charge in [-0.3, -0.25) is 0 Å². The monoisotopic (exact) mass is 263 g/mol. The molecule has 0 radical (unpaired) electrons. The van der Waals surface area contributed by atoms with Gasteiger partial charge >= 0.3 is 0 Å². The highest BCUT2D eigenvalue weighted by Gasteiger charge is 2.16. The van der Waals surface area contributed by atoms with E-state index in [9.17, 15) is 0 Å². The van der Waals surface area contributed by atoms with E-state index in [0.717, 1.165) is 42.9 Å². The second-order valence-corrected chi connectivity index (χ2v) is 4.81. The molecule has 1 atom stereocenters. The zero-order valence-corrected chi connectivity index (χ0v) is 10.7. The molecule has 1 aliphatic rings. The summed E-state index contributed by atoms with van der Waals surface area (Å²) in [6.45, 7) is 2.54. The Labute approximate surface area is 110 Å². The van der Waals surface area contributed by atoms with Gasteiger partial charge in [-0.25, -0.2) is 9.97 Å². The first-order chi connectivity index (χ1) is 8.83. The van der Waals surface area contributed by atoms with E-state index in [4.69, 9.17) is 16.3 Å². The summed E-state index contributed by atoms with van der Waals surface area (Å²) < 4.78 is 5.36. The van der Waals surface area contributed by atoms with Crippen molar-refractivity contribution in [3.05, 3.63) is 29.5 Å². The molecule has 0 saturated carbocycles. The number of para-hydroxylation sites is 1. The van der Waals surface area contributed by atoms with Gasteiger partial charge in [0.1, 0.15) is 5.82 Å². The van der Waals surface area contributed by atoms with E-state index < -0.39 is 0 Å². The fourth-order valence-corrected chi connectivity index (χ4v) is 2.34. The summed E-state index contributed by atoms with van der Waals surface area (Å²) in [5.74, 6) is 1.36. The normalized spacial score (nSPS) is 19.3. The van der Waals surface area contributed by atoms with Gasteiger partial charge in [-0.2, -0.15) is 0 Å². The van der Waals surface area contributed by atoms with Crippen LogP contribution in [0.1, 0.15) is 6.42 Å². The van der Waals surface area contributed by atoms with E-state index in [0.29, 0.717) is 5.92 Å². The molecule has 0 aliphatic carbocycles. The minimum Gasteiger partial charge on any atom is -0.381 e. The molecular formula is C13H14ClN3O. The molecule has 1 unspecified atom stereocenters. The molecule has 1 fully saturated rings. The van der Waals surface area contributed by atoms with Crippen LogP contribution in [0.3, 0.4) is 0 Å². The number of rotatable bonds is 3. The lowest BCUT2D eigenvalue weighted by Crippen LogP contribution is -2.15. The van der Waals surface area contributed by atoms with Crippen LogP contribution in [-0.4, -0.2) is 29.7 Å². The fraction of sp³-hybridized carbons (Fsp3) is 0.385. The number of benzene rings is 1. The van der Waals surface area contributed by atoms with Crippen molar-refractivity contribution < 1.29 is 4.74 Å². The molecule has 4 nitrogen and oxygen atoms in total. The van der Waals surface area contributed by atoms with Crippen molar-refractivity contribution in [3.8, 4) is 0 Å². The molecule has 94 valence electrons. The molecule has 1 saturated heterocycles. The number of ether oxygens (including phenoxy) is 1. The summed E-state index contributed by atoms with van der Waals surface area (Å²) in [6.07, 6.45) is 1.10. The zero-order chi connectivity index (χ0) is 12.4. The second kappa shape index (κ2) is 5.08. The van der Waals surface area contributed by atoms with Crippen LogP contribution < -0.4 is 5.32 Å². The number of fused-ring (bicyclic) bond motifs is 1. The lowest BCUT2D eigenvalue weighted by atomic mass is 10.1. The predicted molar refractivity (Wildman–Crippen MR) is 72.0 cm³/mol. The standard InChI is InChI=1S/C13H14ClN3O/c14-13-16-11-4-2-1-3-10(11)12(17-13)15-7-9-5-6-18-8-9/h1-4,9H,5-8H2,(H,15,16,17). The van der Waals surface area contributed by atoms with Crippen molar-refractivity contribution >= 4 is 28.3 Å². The van der Waals surface area contributed by atoms with Crippen molar-refractivity contribution in [3.63, 3.8) is 0 Å². The Morgan fingerprint density at radius 2 is 2.22 bits per heavy atom. The second-order valence-electron chi connectivity index (χ2n) is 4.47. The molecule has 1 aliphatic heterocycles. The van der Waals surface area contributed by atoms with Gasteiger partial charge in [0.2, 0.25) is 5.28 Å². The maximum atomic E-state index is 5.93. The Kier molecular flexibility index (Phi) is 3.30. The molecule has 3 rings (SSSR count). The van der Waals surface area contributed by atoms with E-state index in [1.54, 1.807) is 0 Å². The Bertz CT molecular complexity index is 555. The van der Waals surface area contributed by atoms with Gasteiger partial charge in [0.25, 0.3) is 0 Å². The van der Waals surface area contributed by atoms with Crippen LogP contribution in [0.5, 0.6) is 0 Å². The number of aromatic nitrogens is 2. The Balaban J connectivity index is 1.85. The Morgan fingerprint density at radius 3 is 3.06 bits per heavy atom. The van der Waals surface area contributed by atoms with E-state index in [1.165, 1.54) is 0 Å². The maximum Gasteiger partial charge on any atom is 0.224 e. The number of hydrogen-bond acceptors (Lipinski definition) is 4. The smallest absolute Gasteiger partial charge is 0.224 e. The van der Waals surface area contributed by atoms with Crippen LogP contribution in [0.2, 0.25) is 5.28 Å². The highest BCUT2D eigenvalue weighted by atomic mass is 35.5. The van der Waals surface area contributed by atoms with Crippen LogP contribution >= 0.6 is 11.6 Å². The molecule has 0 amide bonds. The topological polar surface area (TPSA) is 47.0 Å². The third kappa shape index (κ3) is 2.40. The average Bonchev–Trinajstić information content (AvgIpc) is 2.89. The first kappa shape index (κ1) is 11.7. The van der Waals surface area contributed by atoms with Crippen LogP contribution in [0.25, 0.3) is 10.9 Å². The molecule has 0 spiro atoms. The molecule has 1 aromatic carbocycles. The lowest BCUT2D eigenvalue weighted by molar-refractivity contribution is 0.187. The fourth-order valence-electron chi connectivity index (χ4n) is 2.17. The molecule has 18 heavy (non-hydrogen) atoms. The third-order valence-electron chi connectivity index (χ3n) is 3.16. The van der Waals surface area contributed by atoms with Gasteiger partial charge < -0.3 is 10.1 Å². The first-order valence-electron chi connectivity index (χ1n) is 6.07. The van der Waals surface area contributed by atoms with Gasteiger partial charge in [0.05, 0.1) is 12.1 Å². The van der Waals surface area contributed by atoms with E-state index in [-0.39, 0.29) is 5.28 Å². The van der Waals surface area contributed by atoms with Crippen LogP contribution in [0.4, 0.5) is 5.82 Å². The molecule has 2 heterocycles. The SMILES string of the molecule is Clc1nc(NCC2CCOC2)c2ccccc2n1. The van der Waals surface area contributed by atoms with E-state index in [2.05, 4.69) is 15.3 Å². The summed E-state index contributed by atoms with van der Waals surface area (Å²) in [6, 6.07) is 7.86. The number of nitrogens with zero attached hydrogens (tertiary/aromatic N) is 2. The number of anilines is 1. The minimum atomic E-state index is 0.277. The van der Waals surface area contributed by atoms with Gasteiger partial charge in [0, 0.05) is 24.5 Å². The third-order valence-corrected chi connectivity index (χ3v) is 3.33. The number of nitrogens with one attached hydrogen (secondary N) is 1. The zero-order valence-electron chi connectivity index (χ0n) is 9.90. The van der Waals surface area contributed by atoms with Crippen molar-refractivity contribution in [1.82, 2.24) is 9.97 Å². The summed E-state index contributed by atoms with van der Waals surface area (Å²) in [7, 11) is 0. The van der Waals surface area contributed by atoms with E-state index in [1.807, 2.05) is 24.3 Å². The van der Waals surface area contributed by atoms with Gasteiger partial charge in [-0.15, -0.1) is 0 Å². The summed E-state index contributed by atoms with van der Waals surface area (Å²) >= 11 is 5.93. The largest absolute Gasteiger partial charge is 0.381 e. The predicted octanol–water partition coefficient (Wildman–Crippen LogP) is 2.73. The van der Waals surface area contributed by atoms with Crippen molar-refractivity contribution in [2.24, 2.45) is 5.92 Å². The number of halogens is 1. The van der Waals surface area contributed by atoms with Crippen LogP contribution in [0, 0.1) is 5.92 Å². The summed E-state index contributed by atoms with van der Waals surface area (Å²) in [4.78, 5) is 8.47. The quantitative estimate of drug-likeness (QED) is 0.865. The average molecular weight is 264 g/mol. The Hall–Kier alpha value is -1.39. The first-order valence-corrected chi connectivity index (χ1v) is 6.44. The molecule has 1 N–H and O–H groups in total. The van der Waals surface area contributed by atoms with Crippen molar-refractivity contribution in [2.75, 3.05) is 25.1 Å².